The third-order valence-corrected chi connectivity index (χ3v) is 5.39. The van der Waals surface area contributed by atoms with E-state index in [4.69, 9.17) is 5.73 Å². The van der Waals surface area contributed by atoms with E-state index in [1.807, 2.05) is 32.0 Å². The van der Waals surface area contributed by atoms with E-state index in [1.54, 1.807) is 22.7 Å². The first-order valence-electron chi connectivity index (χ1n) is 6.42. The molecule has 0 saturated carbocycles. The van der Waals surface area contributed by atoms with Gasteiger partial charge in [-0.1, -0.05) is 18.2 Å². The van der Waals surface area contributed by atoms with Gasteiger partial charge in [-0.15, -0.1) is 22.7 Å². The highest BCUT2D eigenvalue weighted by atomic mass is 32.1. The van der Waals surface area contributed by atoms with Gasteiger partial charge in [0.15, 0.2) is 0 Å². The van der Waals surface area contributed by atoms with Crippen LogP contribution < -0.4 is 11.1 Å². The minimum absolute atomic E-state index is 0.0407. The Labute approximate surface area is 125 Å². The van der Waals surface area contributed by atoms with Crippen LogP contribution in [0.2, 0.25) is 0 Å². The van der Waals surface area contributed by atoms with Gasteiger partial charge in [0.2, 0.25) is 0 Å². The molecule has 2 heterocycles. The van der Waals surface area contributed by atoms with E-state index in [-0.39, 0.29) is 5.91 Å². The Hall–Kier alpha value is -1.43. The number of amides is 1. The highest BCUT2D eigenvalue weighted by molar-refractivity contribution is 7.33. The molecular weight excluding hydrogens is 288 g/mol. The molecule has 0 bridgehead atoms. The van der Waals surface area contributed by atoms with Crippen LogP contribution in [0.3, 0.4) is 0 Å². The van der Waals surface area contributed by atoms with Crippen molar-refractivity contribution in [1.82, 2.24) is 5.32 Å². The quantitative estimate of drug-likeness (QED) is 0.777. The van der Waals surface area contributed by atoms with Gasteiger partial charge in [0.25, 0.3) is 5.91 Å². The number of carbonyl (C=O) groups excluding carboxylic acids is 1. The fraction of sp³-hybridized carbons (Fsp3) is 0.267. The lowest BCUT2D eigenvalue weighted by molar-refractivity contribution is 0.0950. The summed E-state index contributed by atoms with van der Waals surface area (Å²) in [5.74, 6) is -0.0407. The number of hydrogen-bond donors (Lipinski definition) is 2. The SMILES string of the molecule is CC(C)(N)CNC(=O)c1cc2sc3ccccc3c2s1. The Morgan fingerprint density at radius 3 is 2.75 bits per heavy atom. The Balaban J connectivity index is 1.91. The average Bonchev–Trinajstić information content (AvgIpc) is 2.92. The lowest BCUT2D eigenvalue weighted by Crippen LogP contribution is -2.44. The number of fused-ring (bicyclic) bond motifs is 3. The second kappa shape index (κ2) is 4.84. The van der Waals surface area contributed by atoms with Crippen LogP contribution in [-0.4, -0.2) is 18.0 Å². The third-order valence-electron chi connectivity index (χ3n) is 2.98. The van der Waals surface area contributed by atoms with Gasteiger partial charge in [0.1, 0.15) is 0 Å². The Morgan fingerprint density at radius 2 is 2.00 bits per heavy atom. The molecule has 3 N–H and O–H groups in total. The van der Waals surface area contributed by atoms with Crippen molar-refractivity contribution in [3.8, 4) is 0 Å². The Morgan fingerprint density at radius 1 is 1.25 bits per heavy atom. The molecule has 0 aliphatic carbocycles. The average molecular weight is 304 g/mol. The van der Waals surface area contributed by atoms with Crippen LogP contribution in [0.4, 0.5) is 0 Å². The van der Waals surface area contributed by atoms with Crippen LogP contribution in [0.25, 0.3) is 19.5 Å². The number of nitrogens with two attached hydrogens (primary N) is 1. The van der Waals surface area contributed by atoms with Crippen molar-refractivity contribution in [2.75, 3.05) is 6.54 Å². The van der Waals surface area contributed by atoms with Crippen molar-refractivity contribution in [2.45, 2.75) is 19.4 Å². The van der Waals surface area contributed by atoms with Gasteiger partial charge in [0, 0.05) is 26.9 Å². The molecule has 3 aromatic rings. The van der Waals surface area contributed by atoms with Crippen LogP contribution in [0.15, 0.2) is 30.3 Å². The zero-order chi connectivity index (χ0) is 14.3. The molecule has 0 atom stereocenters. The molecule has 5 heteroatoms. The topological polar surface area (TPSA) is 55.1 Å². The number of carbonyl (C=O) groups is 1. The van der Waals surface area contributed by atoms with Crippen LogP contribution in [0.1, 0.15) is 23.5 Å². The van der Waals surface area contributed by atoms with Crippen molar-refractivity contribution in [1.29, 1.82) is 0 Å². The normalized spacial score (nSPS) is 12.2. The first-order chi connectivity index (χ1) is 9.44. The van der Waals surface area contributed by atoms with Gasteiger partial charge < -0.3 is 11.1 Å². The predicted molar refractivity (Wildman–Crippen MR) is 87.8 cm³/mol. The molecule has 0 aliphatic heterocycles. The van der Waals surface area contributed by atoms with E-state index < -0.39 is 5.54 Å². The maximum atomic E-state index is 12.1. The fourth-order valence-corrected chi connectivity index (χ4v) is 4.45. The molecule has 104 valence electrons. The van der Waals surface area contributed by atoms with Crippen LogP contribution in [0.5, 0.6) is 0 Å². The lowest BCUT2D eigenvalue weighted by atomic mass is 10.1. The van der Waals surface area contributed by atoms with Gasteiger partial charge in [0.05, 0.1) is 9.58 Å². The number of rotatable bonds is 3. The molecule has 0 saturated heterocycles. The smallest absolute Gasteiger partial charge is 0.261 e. The van der Waals surface area contributed by atoms with Crippen LogP contribution in [0, 0.1) is 0 Å². The van der Waals surface area contributed by atoms with Crippen molar-refractivity contribution in [3.05, 3.63) is 35.2 Å². The molecule has 3 nitrogen and oxygen atoms in total. The molecule has 20 heavy (non-hydrogen) atoms. The number of hydrogen-bond acceptors (Lipinski definition) is 4. The van der Waals surface area contributed by atoms with E-state index >= 15 is 0 Å². The zero-order valence-corrected chi connectivity index (χ0v) is 13.0. The molecule has 0 unspecified atom stereocenters. The summed E-state index contributed by atoms with van der Waals surface area (Å²) in [6.45, 7) is 4.26. The highest BCUT2D eigenvalue weighted by Gasteiger charge is 2.16. The molecule has 0 fully saturated rings. The van der Waals surface area contributed by atoms with Gasteiger partial charge in [-0.3, -0.25) is 4.79 Å². The Bertz CT molecular complexity index is 780. The first-order valence-corrected chi connectivity index (χ1v) is 8.05. The Kier molecular flexibility index (Phi) is 3.28. The summed E-state index contributed by atoms with van der Waals surface area (Å²) in [6.07, 6.45) is 0. The zero-order valence-electron chi connectivity index (χ0n) is 11.4. The lowest BCUT2D eigenvalue weighted by Gasteiger charge is -2.18. The summed E-state index contributed by atoms with van der Waals surface area (Å²) in [5.41, 5.74) is 5.49. The molecule has 1 aromatic carbocycles. The molecule has 2 aromatic heterocycles. The van der Waals surface area contributed by atoms with Crippen molar-refractivity contribution in [3.63, 3.8) is 0 Å². The van der Waals surface area contributed by atoms with Gasteiger partial charge >= 0.3 is 0 Å². The van der Waals surface area contributed by atoms with Gasteiger partial charge in [-0.05, 0) is 26.0 Å². The van der Waals surface area contributed by atoms with E-state index in [1.165, 1.54) is 19.5 Å². The van der Waals surface area contributed by atoms with Crippen LogP contribution in [-0.2, 0) is 0 Å². The second-order valence-corrected chi connectivity index (χ2v) is 7.71. The molecular formula is C15H16N2OS2. The summed E-state index contributed by atoms with van der Waals surface area (Å²) in [7, 11) is 0. The maximum absolute atomic E-state index is 12.1. The van der Waals surface area contributed by atoms with Gasteiger partial charge in [-0.25, -0.2) is 0 Å². The molecule has 0 spiro atoms. The van der Waals surface area contributed by atoms with E-state index in [2.05, 4.69) is 17.4 Å². The summed E-state index contributed by atoms with van der Waals surface area (Å²) >= 11 is 3.28. The summed E-state index contributed by atoms with van der Waals surface area (Å²) in [5, 5.41) is 4.12. The minimum Gasteiger partial charge on any atom is -0.350 e. The highest BCUT2D eigenvalue weighted by Crippen LogP contribution is 2.39. The first kappa shape index (κ1) is 13.5. The predicted octanol–water partition coefficient (Wildman–Crippen LogP) is 3.58. The number of thiophene rings is 2. The number of nitrogens with one attached hydrogen (secondary N) is 1. The maximum Gasteiger partial charge on any atom is 0.261 e. The largest absolute Gasteiger partial charge is 0.350 e. The van der Waals surface area contributed by atoms with E-state index in [9.17, 15) is 4.79 Å². The van der Waals surface area contributed by atoms with Gasteiger partial charge in [-0.2, -0.15) is 0 Å². The molecule has 0 radical (unpaired) electrons. The third kappa shape index (κ3) is 2.57. The van der Waals surface area contributed by atoms with E-state index in [0.29, 0.717) is 6.54 Å². The van der Waals surface area contributed by atoms with Crippen molar-refractivity contribution in [2.24, 2.45) is 5.73 Å². The van der Waals surface area contributed by atoms with Crippen molar-refractivity contribution < 1.29 is 4.79 Å². The number of benzene rings is 1. The molecule has 3 rings (SSSR count). The minimum atomic E-state index is -0.392. The summed E-state index contributed by atoms with van der Waals surface area (Å²) in [4.78, 5) is 12.9. The fourth-order valence-electron chi connectivity index (χ4n) is 2.01. The molecule has 0 aliphatic rings. The summed E-state index contributed by atoms with van der Waals surface area (Å²) < 4.78 is 3.64. The van der Waals surface area contributed by atoms with E-state index in [0.717, 1.165) is 4.88 Å². The standard InChI is InChI=1S/C15H16N2OS2/c1-15(2,16)8-17-14(18)12-7-11-13(20-12)9-5-3-4-6-10(9)19-11/h3-7H,8,16H2,1-2H3,(H,17,18). The molecule has 1 amide bonds. The van der Waals surface area contributed by atoms with Crippen LogP contribution >= 0.6 is 22.7 Å². The second-order valence-electron chi connectivity index (χ2n) is 5.57. The monoisotopic (exact) mass is 304 g/mol. The van der Waals surface area contributed by atoms with Crippen molar-refractivity contribution >= 4 is 48.1 Å². The summed E-state index contributed by atoms with van der Waals surface area (Å²) in [6, 6.07) is 10.3.